The number of likely N-dealkylation sites (tertiary alicyclic amines) is 1. The molecule has 2 heterocycles. The standard InChI is InChI=1S/C18H23FN4O2/c19-16-5-2-1-4-14(16)17-15(12-21-22-17)18(24)23-9-6-13(7-10-23)25-11-3-8-20/h1-2,4-5,12-13H,3,6-11,20H2,(H,21,22). The smallest absolute Gasteiger partial charge is 0.257 e. The zero-order valence-electron chi connectivity index (χ0n) is 14.1. The minimum Gasteiger partial charge on any atom is -0.378 e. The lowest BCUT2D eigenvalue weighted by Gasteiger charge is -2.32. The molecule has 0 unspecified atom stereocenters. The summed E-state index contributed by atoms with van der Waals surface area (Å²) >= 11 is 0. The van der Waals surface area contributed by atoms with E-state index in [-0.39, 0.29) is 17.8 Å². The van der Waals surface area contributed by atoms with Gasteiger partial charge in [0, 0.05) is 25.3 Å². The highest BCUT2D eigenvalue weighted by Gasteiger charge is 2.27. The monoisotopic (exact) mass is 346 g/mol. The molecule has 1 aromatic carbocycles. The van der Waals surface area contributed by atoms with Crippen LogP contribution in [0.2, 0.25) is 0 Å². The first-order valence-corrected chi connectivity index (χ1v) is 8.60. The van der Waals surface area contributed by atoms with Crippen molar-refractivity contribution in [2.75, 3.05) is 26.2 Å². The molecule has 7 heteroatoms. The Labute approximate surface area is 146 Å². The van der Waals surface area contributed by atoms with Gasteiger partial charge in [0.05, 0.1) is 23.6 Å². The molecule has 25 heavy (non-hydrogen) atoms. The molecule has 3 rings (SSSR count). The minimum absolute atomic E-state index is 0.132. The Balaban J connectivity index is 1.66. The van der Waals surface area contributed by atoms with Crippen LogP contribution in [0.3, 0.4) is 0 Å². The number of hydrogen-bond donors (Lipinski definition) is 2. The fourth-order valence-electron chi connectivity index (χ4n) is 3.05. The average Bonchev–Trinajstić information content (AvgIpc) is 3.12. The third kappa shape index (κ3) is 4.05. The zero-order chi connectivity index (χ0) is 17.6. The Morgan fingerprint density at radius 3 is 2.84 bits per heavy atom. The summed E-state index contributed by atoms with van der Waals surface area (Å²) in [6, 6.07) is 6.36. The number of carbonyl (C=O) groups excluding carboxylic acids is 1. The number of piperidine rings is 1. The van der Waals surface area contributed by atoms with Gasteiger partial charge in [-0.3, -0.25) is 9.89 Å². The third-order valence-electron chi connectivity index (χ3n) is 4.44. The first-order chi connectivity index (χ1) is 12.2. The number of benzene rings is 1. The second-order valence-corrected chi connectivity index (χ2v) is 6.14. The summed E-state index contributed by atoms with van der Waals surface area (Å²) < 4.78 is 19.8. The Morgan fingerprint density at radius 2 is 2.12 bits per heavy atom. The van der Waals surface area contributed by atoms with Crippen molar-refractivity contribution in [2.24, 2.45) is 5.73 Å². The fourth-order valence-corrected chi connectivity index (χ4v) is 3.05. The van der Waals surface area contributed by atoms with E-state index in [0.29, 0.717) is 43.1 Å². The van der Waals surface area contributed by atoms with Crippen molar-refractivity contribution in [3.63, 3.8) is 0 Å². The van der Waals surface area contributed by atoms with Gasteiger partial charge in [0.15, 0.2) is 0 Å². The molecule has 1 aliphatic rings. The molecule has 3 N–H and O–H groups in total. The van der Waals surface area contributed by atoms with Crippen LogP contribution in [-0.4, -0.2) is 53.3 Å². The van der Waals surface area contributed by atoms with Crippen LogP contribution in [0.15, 0.2) is 30.5 Å². The number of amides is 1. The number of rotatable bonds is 6. The van der Waals surface area contributed by atoms with Crippen molar-refractivity contribution in [3.8, 4) is 11.3 Å². The molecular weight excluding hydrogens is 323 g/mol. The molecule has 0 bridgehead atoms. The lowest BCUT2D eigenvalue weighted by Crippen LogP contribution is -2.41. The molecule has 1 saturated heterocycles. The first kappa shape index (κ1) is 17.6. The zero-order valence-corrected chi connectivity index (χ0v) is 14.1. The summed E-state index contributed by atoms with van der Waals surface area (Å²) in [7, 11) is 0. The summed E-state index contributed by atoms with van der Waals surface area (Å²) in [5, 5.41) is 6.70. The van der Waals surface area contributed by atoms with Crippen LogP contribution in [0, 0.1) is 5.82 Å². The maximum Gasteiger partial charge on any atom is 0.257 e. The van der Waals surface area contributed by atoms with Crippen molar-refractivity contribution in [3.05, 3.63) is 41.8 Å². The molecule has 134 valence electrons. The van der Waals surface area contributed by atoms with Crippen LogP contribution >= 0.6 is 0 Å². The summed E-state index contributed by atoms with van der Waals surface area (Å²) in [5.74, 6) is -0.514. The van der Waals surface area contributed by atoms with Crippen LogP contribution in [0.5, 0.6) is 0 Å². The molecule has 6 nitrogen and oxygen atoms in total. The molecule has 2 aromatic rings. The summed E-state index contributed by atoms with van der Waals surface area (Å²) in [4.78, 5) is 14.6. The Morgan fingerprint density at radius 1 is 1.36 bits per heavy atom. The summed E-state index contributed by atoms with van der Waals surface area (Å²) in [5.41, 5.74) is 6.63. The van der Waals surface area contributed by atoms with Crippen molar-refractivity contribution in [1.29, 1.82) is 0 Å². The van der Waals surface area contributed by atoms with Gasteiger partial charge < -0.3 is 15.4 Å². The number of aromatic nitrogens is 2. The predicted octanol–water partition coefficient (Wildman–Crippen LogP) is 2.19. The van der Waals surface area contributed by atoms with Crippen molar-refractivity contribution >= 4 is 5.91 Å². The number of hydrogen-bond acceptors (Lipinski definition) is 4. The van der Waals surface area contributed by atoms with Crippen LogP contribution < -0.4 is 5.73 Å². The maximum absolute atomic E-state index is 14.0. The van der Waals surface area contributed by atoms with Gasteiger partial charge in [-0.15, -0.1) is 0 Å². The lowest BCUT2D eigenvalue weighted by molar-refractivity contribution is 0.00847. The molecule has 0 radical (unpaired) electrons. The predicted molar refractivity (Wildman–Crippen MR) is 92.5 cm³/mol. The van der Waals surface area contributed by atoms with Gasteiger partial charge in [0.25, 0.3) is 5.91 Å². The molecule has 1 fully saturated rings. The average molecular weight is 346 g/mol. The van der Waals surface area contributed by atoms with Gasteiger partial charge in [-0.05, 0) is 37.9 Å². The van der Waals surface area contributed by atoms with Gasteiger partial charge in [-0.1, -0.05) is 12.1 Å². The molecule has 1 aromatic heterocycles. The van der Waals surface area contributed by atoms with Crippen LogP contribution in [-0.2, 0) is 4.74 Å². The number of nitrogens with one attached hydrogen (secondary N) is 1. The van der Waals surface area contributed by atoms with E-state index in [4.69, 9.17) is 10.5 Å². The summed E-state index contributed by atoms with van der Waals surface area (Å²) in [6.07, 6.45) is 4.08. The minimum atomic E-state index is -0.382. The number of nitrogens with two attached hydrogens (primary N) is 1. The Kier molecular flexibility index (Phi) is 5.78. The van der Waals surface area contributed by atoms with Crippen molar-refractivity contribution in [2.45, 2.75) is 25.4 Å². The lowest BCUT2D eigenvalue weighted by atomic mass is 10.0. The van der Waals surface area contributed by atoms with Gasteiger partial charge in [-0.25, -0.2) is 4.39 Å². The van der Waals surface area contributed by atoms with Crippen molar-refractivity contribution < 1.29 is 13.9 Å². The highest BCUT2D eigenvalue weighted by molar-refractivity contribution is 5.99. The van der Waals surface area contributed by atoms with E-state index in [2.05, 4.69) is 10.2 Å². The highest BCUT2D eigenvalue weighted by Crippen LogP contribution is 2.26. The SMILES string of the molecule is NCCCOC1CCN(C(=O)c2cn[nH]c2-c2ccccc2F)CC1. The van der Waals surface area contributed by atoms with Crippen LogP contribution in [0.4, 0.5) is 4.39 Å². The molecule has 0 spiro atoms. The molecular formula is C18H23FN4O2. The summed E-state index contributed by atoms with van der Waals surface area (Å²) in [6.45, 7) is 2.52. The van der Waals surface area contributed by atoms with Gasteiger partial charge in [0.1, 0.15) is 5.82 Å². The number of H-pyrrole nitrogens is 1. The highest BCUT2D eigenvalue weighted by atomic mass is 19.1. The van der Waals surface area contributed by atoms with Crippen molar-refractivity contribution in [1.82, 2.24) is 15.1 Å². The maximum atomic E-state index is 14.0. The van der Waals surface area contributed by atoms with Crippen LogP contribution in [0.1, 0.15) is 29.6 Å². The van der Waals surface area contributed by atoms with Gasteiger partial charge in [-0.2, -0.15) is 5.10 Å². The topological polar surface area (TPSA) is 84.2 Å². The normalized spacial score (nSPS) is 15.5. The molecule has 0 aliphatic carbocycles. The number of aromatic amines is 1. The van der Waals surface area contributed by atoms with E-state index in [1.54, 1.807) is 23.1 Å². The van der Waals surface area contributed by atoms with E-state index in [0.717, 1.165) is 19.3 Å². The van der Waals surface area contributed by atoms with E-state index in [9.17, 15) is 9.18 Å². The molecule has 0 saturated carbocycles. The first-order valence-electron chi connectivity index (χ1n) is 8.60. The van der Waals surface area contributed by atoms with E-state index < -0.39 is 0 Å². The molecule has 0 atom stereocenters. The third-order valence-corrected chi connectivity index (χ3v) is 4.44. The molecule has 1 amide bonds. The van der Waals surface area contributed by atoms with E-state index >= 15 is 0 Å². The number of nitrogens with zero attached hydrogens (tertiary/aromatic N) is 2. The largest absolute Gasteiger partial charge is 0.378 e. The van der Waals surface area contributed by atoms with Gasteiger partial charge >= 0.3 is 0 Å². The number of ether oxygens (including phenoxy) is 1. The van der Waals surface area contributed by atoms with E-state index in [1.807, 2.05) is 0 Å². The van der Waals surface area contributed by atoms with E-state index in [1.165, 1.54) is 12.3 Å². The Hall–Kier alpha value is -2.25. The Bertz CT molecular complexity index is 711. The second-order valence-electron chi connectivity index (χ2n) is 6.14. The van der Waals surface area contributed by atoms with Gasteiger partial charge in [0.2, 0.25) is 0 Å². The quantitative estimate of drug-likeness (QED) is 0.785. The molecule has 1 aliphatic heterocycles. The second kappa shape index (κ2) is 8.22. The number of halogens is 1. The fraction of sp³-hybridized carbons (Fsp3) is 0.444. The number of carbonyl (C=O) groups is 1. The van der Waals surface area contributed by atoms with Crippen LogP contribution in [0.25, 0.3) is 11.3 Å².